The number of benzene rings is 1. The highest BCUT2D eigenvalue weighted by Crippen LogP contribution is 2.38. The lowest BCUT2D eigenvalue weighted by Crippen LogP contribution is -2.41. The van der Waals surface area contributed by atoms with Gasteiger partial charge in [-0.05, 0) is 48.9 Å². The van der Waals surface area contributed by atoms with E-state index in [0.29, 0.717) is 35.0 Å². The monoisotopic (exact) mass is 489 g/mol. The first kappa shape index (κ1) is 24.0. The van der Waals surface area contributed by atoms with Crippen LogP contribution in [0.3, 0.4) is 0 Å². The number of thiazole rings is 1. The molecule has 2 aromatic rings. The van der Waals surface area contributed by atoms with Crippen LogP contribution in [0.5, 0.6) is 0 Å². The van der Waals surface area contributed by atoms with Gasteiger partial charge >= 0.3 is 0 Å². The van der Waals surface area contributed by atoms with Gasteiger partial charge in [0.15, 0.2) is 10.9 Å². The topological polar surface area (TPSA) is 96.4 Å². The SMILES string of the molecule is CCN(C1CCCCC1)S(=O)(=O)c1ccc(C(=O)Nc2nc3c(s2)C(=O)CC(C)(C)C3)cc1. The van der Waals surface area contributed by atoms with Crippen molar-refractivity contribution in [3.05, 3.63) is 40.4 Å². The molecule has 1 heterocycles. The molecule has 0 saturated heterocycles. The normalized spacial score (nSPS) is 18.8. The van der Waals surface area contributed by atoms with Crippen LogP contribution >= 0.6 is 11.3 Å². The molecule has 0 aliphatic heterocycles. The summed E-state index contributed by atoms with van der Waals surface area (Å²) in [5.74, 6) is -0.316. The van der Waals surface area contributed by atoms with Crippen LogP contribution < -0.4 is 5.32 Å². The van der Waals surface area contributed by atoms with Gasteiger partial charge in [0.1, 0.15) is 0 Å². The minimum absolute atomic E-state index is 0.0420. The van der Waals surface area contributed by atoms with Crippen LogP contribution in [-0.4, -0.2) is 42.0 Å². The smallest absolute Gasteiger partial charge is 0.257 e. The Hall–Kier alpha value is -2.10. The summed E-state index contributed by atoms with van der Waals surface area (Å²) in [5, 5.41) is 3.15. The quantitative estimate of drug-likeness (QED) is 0.623. The van der Waals surface area contributed by atoms with Crippen LogP contribution in [0, 0.1) is 5.41 Å². The lowest BCUT2D eigenvalue weighted by molar-refractivity contribution is 0.0915. The number of Topliss-reactive ketones (excluding diaryl/α,β-unsaturated/α-hetero) is 1. The summed E-state index contributed by atoms with van der Waals surface area (Å²) >= 11 is 1.20. The summed E-state index contributed by atoms with van der Waals surface area (Å²) in [4.78, 5) is 30.4. The summed E-state index contributed by atoms with van der Waals surface area (Å²) < 4.78 is 28.0. The number of rotatable bonds is 6. The number of nitrogens with zero attached hydrogens (tertiary/aromatic N) is 2. The second kappa shape index (κ2) is 9.27. The van der Waals surface area contributed by atoms with Crippen molar-refractivity contribution in [2.45, 2.75) is 76.7 Å². The van der Waals surface area contributed by atoms with Gasteiger partial charge in [0.2, 0.25) is 10.0 Å². The second-order valence-corrected chi connectivity index (χ2v) is 12.6. The largest absolute Gasteiger partial charge is 0.298 e. The molecule has 0 spiro atoms. The Morgan fingerprint density at radius 3 is 2.45 bits per heavy atom. The number of hydrogen-bond acceptors (Lipinski definition) is 6. The standard InChI is InChI=1S/C24H31N3O4S2/c1-4-27(17-8-6-5-7-9-17)33(30,31)18-12-10-16(11-13-18)22(29)26-23-25-19-14-24(2,3)15-20(28)21(19)32-23/h10-13,17H,4-9,14-15H2,1-3H3,(H,25,26,29). The average molecular weight is 490 g/mol. The highest BCUT2D eigenvalue weighted by atomic mass is 32.2. The number of hydrogen-bond donors (Lipinski definition) is 1. The average Bonchev–Trinajstić information content (AvgIpc) is 3.16. The molecule has 7 nitrogen and oxygen atoms in total. The van der Waals surface area contributed by atoms with Crippen molar-refractivity contribution in [1.82, 2.24) is 9.29 Å². The van der Waals surface area contributed by atoms with Crippen LogP contribution in [0.1, 0.15) is 85.0 Å². The fourth-order valence-electron chi connectivity index (χ4n) is 4.85. The number of aromatic nitrogens is 1. The first-order chi connectivity index (χ1) is 15.6. The minimum atomic E-state index is -3.62. The lowest BCUT2D eigenvalue weighted by atomic mass is 9.78. The molecule has 1 amide bonds. The Bertz CT molecular complexity index is 1150. The maximum atomic E-state index is 13.2. The molecule has 1 saturated carbocycles. The molecule has 1 N–H and O–H groups in total. The molecular weight excluding hydrogens is 458 g/mol. The molecule has 1 aromatic heterocycles. The van der Waals surface area contributed by atoms with Gasteiger partial charge < -0.3 is 0 Å². The minimum Gasteiger partial charge on any atom is -0.298 e. The fourth-order valence-corrected chi connectivity index (χ4v) is 7.46. The Morgan fingerprint density at radius 1 is 1.15 bits per heavy atom. The van der Waals surface area contributed by atoms with Crippen molar-refractivity contribution in [2.24, 2.45) is 5.41 Å². The van der Waals surface area contributed by atoms with Crippen molar-refractivity contribution < 1.29 is 18.0 Å². The summed E-state index contributed by atoms with van der Waals surface area (Å²) in [5.41, 5.74) is 0.944. The first-order valence-electron chi connectivity index (χ1n) is 11.6. The van der Waals surface area contributed by atoms with E-state index < -0.39 is 10.0 Å². The molecule has 2 aliphatic carbocycles. The van der Waals surface area contributed by atoms with E-state index in [1.165, 1.54) is 35.6 Å². The van der Waals surface area contributed by atoms with E-state index in [-0.39, 0.29) is 28.0 Å². The van der Waals surface area contributed by atoms with Crippen LogP contribution in [0.4, 0.5) is 5.13 Å². The van der Waals surface area contributed by atoms with Gasteiger partial charge in [0.05, 0.1) is 15.5 Å². The van der Waals surface area contributed by atoms with E-state index in [1.807, 2.05) is 20.8 Å². The lowest BCUT2D eigenvalue weighted by Gasteiger charge is -2.32. The molecule has 0 unspecified atom stereocenters. The summed E-state index contributed by atoms with van der Waals surface area (Å²) in [6, 6.07) is 6.08. The summed E-state index contributed by atoms with van der Waals surface area (Å²) in [6.45, 7) is 6.37. The molecule has 4 rings (SSSR count). The van der Waals surface area contributed by atoms with Crippen molar-refractivity contribution in [2.75, 3.05) is 11.9 Å². The van der Waals surface area contributed by atoms with Crippen LogP contribution in [0.25, 0.3) is 0 Å². The predicted octanol–water partition coefficient (Wildman–Crippen LogP) is 4.89. The third kappa shape index (κ3) is 5.05. The maximum absolute atomic E-state index is 13.2. The van der Waals surface area contributed by atoms with Crippen LogP contribution in [0.15, 0.2) is 29.2 Å². The van der Waals surface area contributed by atoms with E-state index in [2.05, 4.69) is 10.3 Å². The molecule has 0 bridgehead atoms. The maximum Gasteiger partial charge on any atom is 0.257 e. The molecule has 9 heteroatoms. The van der Waals surface area contributed by atoms with E-state index in [9.17, 15) is 18.0 Å². The van der Waals surface area contributed by atoms with Crippen LogP contribution in [0.2, 0.25) is 0 Å². The molecule has 0 radical (unpaired) electrons. The zero-order valence-corrected chi connectivity index (χ0v) is 21.0. The van der Waals surface area contributed by atoms with Gasteiger partial charge in [-0.15, -0.1) is 0 Å². The Morgan fingerprint density at radius 2 is 1.82 bits per heavy atom. The molecule has 33 heavy (non-hydrogen) atoms. The van der Waals surface area contributed by atoms with E-state index in [1.54, 1.807) is 4.31 Å². The second-order valence-electron chi connectivity index (χ2n) is 9.71. The Balaban J connectivity index is 1.48. The summed E-state index contributed by atoms with van der Waals surface area (Å²) in [6.07, 6.45) is 6.23. The third-order valence-corrected chi connectivity index (χ3v) is 9.57. The fraction of sp³-hybridized carbons (Fsp3) is 0.542. The van der Waals surface area contributed by atoms with Crippen molar-refractivity contribution in [3.8, 4) is 0 Å². The van der Waals surface area contributed by atoms with Crippen molar-refractivity contribution in [3.63, 3.8) is 0 Å². The number of amides is 1. The Labute approximate surface area is 199 Å². The van der Waals surface area contributed by atoms with Gasteiger partial charge in [-0.3, -0.25) is 14.9 Å². The molecule has 1 aromatic carbocycles. The molecule has 0 atom stereocenters. The highest BCUT2D eigenvalue weighted by Gasteiger charge is 2.34. The highest BCUT2D eigenvalue weighted by molar-refractivity contribution is 7.89. The van der Waals surface area contributed by atoms with Gasteiger partial charge in [-0.2, -0.15) is 4.31 Å². The number of nitrogens with one attached hydrogen (secondary N) is 1. The summed E-state index contributed by atoms with van der Waals surface area (Å²) in [7, 11) is -3.62. The van der Waals surface area contributed by atoms with E-state index >= 15 is 0 Å². The van der Waals surface area contributed by atoms with Gasteiger partial charge in [-0.1, -0.05) is 51.4 Å². The number of carbonyl (C=O) groups excluding carboxylic acids is 2. The number of sulfonamides is 1. The third-order valence-electron chi connectivity index (χ3n) is 6.47. The molecule has 178 valence electrons. The molecule has 2 aliphatic rings. The Kier molecular flexibility index (Phi) is 6.75. The zero-order chi connectivity index (χ0) is 23.8. The predicted molar refractivity (Wildman–Crippen MR) is 129 cm³/mol. The number of fused-ring (bicyclic) bond motifs is 1. The van der Waals surface area contributed by atoms with Gasteiger partial charge in [0, 0.05) is 24.6 Å². The number of carbonyl (C=O) groups is 2. The van der Waals surface area contributed by atoms with Gasteiger partial charge in [0.25, 0.3) is 5.91 Å². The number of ketones is 1. The zero-order valence-electron chi connectivity index (χ0n) is 19.4. The van der Waals surface area contributed by atoms with E-state index in [0.717, 1.165) is 37.8 Å². The van der Waals surface area contributed by atoms with E-state index in [4.69, 9.17) is 0 Å². The molecular formula is C24H31N3O4S2. The van der Waals surface area contributed by atoms with Gasteiger partial charge in [-0.25, -0.2) is 13.4 Å². The molecule has 1 fully saturated rings. The first-order valence-corrected chi connectivity index (χ1v) is 13.8. The van der Waals surface area contributed by atoms with Crippen molar-refractivity contribution in [1.29, 1.82) is 0 Å². The number of anilines is 1. The van der Waals surface area contributed by atoms with Crippen LogP contribution in [-0.2, 0) is 16.4 Å². The van der Waals surface area contributed by atoms with Crippen molar-refractivity contribution >= 4 is 38.2 Å².